The van der Waals surface area contributed by atoms with Gasteiger partial charge >= 0.3 is 5.97 Å². The molecule has 9 heteroatoms. The molecule has 1 aliphatic rings. The molecule has 0 aromatic carbocycles. The molecule has 0 bridgehead atoms. The molecule has 6 atom stereocenters. The van der Waals surface area contributed by atoms with Crippen LogP contribution in [-0.2, 0) is 23.7 Å². The lowest BCUT2D eigenvalue weighted by molar-refractivity contribution is -0.305. The second kappa shape index (κ2) is 43.4. The molecule has 0 aliphatic carbocycles. The quantitative estimate of drug-likeness (QED) is 0.0270. The van der Waals surface area contributed by atoms with Gasteiger partial charge in [0.25, 0.3) is 0 Å². The van der Waals surface area contributed by atoms with Crippen LogP contribution in [0.3, 0.4) is 0 Å². The highest BCUT2D eigenvalue weighted by Gasteiger charge is 2.44. The first-order chi connectivity index (χ1) is 30.4. The molecule has 1 fully saturated rings. The van der Waals surface area contributed by atoms with Gasteiger partial charge in [0, 0.05) is 13.0 Å². The Hall–Kier alpha value is -2.89. The Labute approximate surface area is 377 Å². The van der Waals surface area contributed by atoms with Crippen molar-refractivity contribution in [2.75, 3.05) is 26.4 Å². The topological polar surface area (TPSA) is 135 Å². The van der Waals surface area contributed by atoms with E-state index in [-0.39, 0.29) is 19.2 Å². The van der Waals surface area contributed by atoms with E-state index in [1.54, 1.807) is 0 Å². The molecular weight excluding hydrogens is 781 g/mol. The summed E-state index contributed by atoms with van der Waals surface area (Å²) in [5.41, 5.74) is 0. The van der Waals surface area contributed by atoms with E-state index >= 15 is 0 Å². The Bertz CT molecular complexity index is 1260. The summed E-state index contributed by atoms with van der Waals surface area (Å²) in [5.74, 6) is -0.336. The summed E-state index contributed by atoms with van der Waals surface area (Å²) in [6.45, 7) is 4.27. The van der Waals surface area contributed by atoms with Gasteiger partial charge < -0.3 is 39.4 Å². The van der Waals surface area contributed by atoms with E-state index < -0.39 is 43.4 Å². The van der Waals surface area contributed by atoms with Crippen molar-refractivity contribution in [1.29, 1.82) is 0 Å². The molecule has 0 spiro atoms. The first-order valence-corrected chi connectivity index (χ1v) is 24.3. The summed E-state index contributed by atoms with van der Waals surface area (Å²) in [7, 11) is 0. The summed E-state index contributed by atoms with van der Waals surface area (Å²) in [5, 5.41) is 40.2. The molecular formula is C53H88O9. The smallest absolute Gasteiger partial charge is 0.306 e. The monoisotopic (exact) mass is 869 g/mol. The molecule has 6 unspecified atom stereocenters. The van der Waals surface area contributed by atoms with Gasteiger partial charge in [0.15, 0.2) is 6.29 Å². The Balaban J connectivity index is 2.26. The SMILES string of the molecule is CC/C=C\C/C=C\C/C=C\C/C=C\CCCCCCCCCOCC(COC1OC(CO)C(O)C(O)C1O)OC(=O)CCCCCCCC/C=C\C/C=C\C/C=C\C/C=C\CC. The van der Waals surface area contributed by atoms with Gasteiger partial charge in [-0.1, -0.05) is 169 Å². The number of hydrogen-bond donors (Lipinski definition) is 4. The zero-order chi connectivity index (χ0) is 45.0. The molecule has 0 aromatic heterocycles. The third-order valence-corrected chi connectivity index (χ3v) is 10.5. The van der Waals surface area contributed by atoms with Crippen molar-refractivity contribution >= 4 is 5.97 Å². The molecule has 0 aromatic rings. The Morgan fingerprint density at radius 3 is 1.40 bits per heavy atom. The molecule has 1 rings (SSSR count). The maximum absolute atomic E-state index is 12.8. The van der Waals surface area contributed by atoms with Gasteiger partial charge in [-0.15, -0.1) is 0 Å². The normalized spacial score (nSPS) is 20.6. The van der Waals surface area contributed by atoms with Gasteiger partial charge in [0.2, 0.25) is 0 Å². The predicted molar refractivity (Wildman–Crippen MR) is 256 cm³/mol. The molecule has 0 radical (unpaired) electrons. The minimum Gasteiger partial charge on any atom is -0.457 e. The number of unbranched alkanes of at least 4 members (excludes halogenated alkanes) is 13. The molecule has 1 aliphatic heterocycles. The maximum Gasteiger partial charge on any atom is 0.306 e. The van der Waals surface area contributed by atoms with Crippen LogP contribution in [0.2, 0.25) is 0 Å². The van der Waals surface area contributed by atoms with E-state index in [0.29, 0.717) is 13.0 Å². The minimum atomic E-state index is -1.55. The highest BCUT2D eigenvalue weighted by Crippen LogP contribution is 2.22. The van der Waals surface area contributed by atoms with Crippen LogP contribution in [0.15, 0.2) is 97.2 Å². The Morgan fingerprint density at radius 2 is 0.935 bits per heavy atom. The number of ether oxygens (including phenoxy) is 4. The van der Waals surface area contributed by atoms with Crippen LogP contribution in [0.1, 0.15) is 168 Å². The maximum atomic E-state index is 12.8. The average molecular weight is 869 g/mol. The molecule has 0 saturated carbocycles. The van der Waals surface area contributed by atoms with Crippen LogP contribution in [-0.4, -0.2) is 89.6 Å². The zero-order valence-electron chi connectivity index (χ0n) is 38.8. The van der Waals surface area contributed by atoms with Gasteiger partial charge in [-0.2, -0.15) is 0 Å². The lowest BCUT2D eigenvalue weighted by atomic mass is 9.99. The van der Waals surface area contributed by atoms with Gasteiger partial charge in [-0.25, -0.2) is 0 Å². The van der Waals surface area contributed by atoms with E-state index in [2.05, 4.69) is 111 Å². The second-order valence-corrected chi connectivity index (χ2v) is 16.1. The van der Waals surface area contributed by atoms with E-state index in [9.17, 15) is 25.2 Å². The third-order valence-electron chi connectivity index (χ3n) is 10.5. The molecule has 9 nitrogen and oxygen atoms in total. The number of hydrogen-bond acceptors (Lipinski definition) is 9. The number of aliphatic hydroxyl groups excluding tert-OH is 4. The second-order valence-electron chi connectivity index (χ2n) is 16.1. The van der Waals surface area contributed by atoms with E-state index in [1.807, 2.05) is 0 Å². The van der Waals surface area contributed by atoms with Crippen LogP contribution in [0.25, 0.3) is 0 Å². The summed E-state index contributed by atoms with van der Waals surface area (Å²) >= 11 is 0. The number of aliphatic hydroxyl groups is 4. The van der Waals surface area contributed by atoms with Gasteiger partial charge in [0.05, 0.1) is 19.8 Å². The molecule has 1 saturated heterocycles. The van der Waals surface area contributed by atoms with E-state index in [0.717, 1.165) is 109 Å². The summed E-state index contributed by atoms with van der Waals surface area (Å²) in [6, 6.07) is 0. The Morgan fingerprint density at radius 1 is 0.516 bits per heavy atom. The first-order valence-electron chi connectivity index (χ1n) is 24.3. The average Bonchev–Trinajstić information content (AvgIpc) is 3.27. The van der Waals surface area contributed by atoms with Crippen LogP contribution >= 0.6 is 0 Å². The van der Waals surface area contributed by atoms with Crippen molar-refractivity contribution in [3.8, 4) is 0 Å². The molecule has 354 valence electrons. The fourth-order valence-corrected chi connectivity index (χ4v) is 6.77. The van der Waals surface area contributed by atoms with Crippen molar-refractivity contribution in [3.63, 3.8) is 0 Å². The molecule has 1 heterocycles. The Kier molecular flexibility index (Phi) is 40.0. The van der Waals surface area contributed by atoms with Gasteiger partial charge in [0.1, 0.15) is 30.5 Å². The highest BCUT2D eigenvalue weighted by molar-refractivity contribution is 5.69. The van der Waals surface area contributed by atoms with Crippen LogP contribution < -0.4 is 0 Å². The lowest BCUT2D eigenvalue weighted by Crippen LogP contribution is -2.59. The van der Waals surface area contributed by atoms with E-state index in [1.165, 1.54) is 38.5 Å². The predicted octanol–water partition coefficient (Wildman–Crippen LogP) is 11.6. The zero-order valence-corrected chi connectivity index (χ0v) is 38.8. The van der Waals surface area contributed by atoms with E-state index in [4.69, 9.17) is 18.9 Å². The third kappa shape index (κ3) is 33.6. The number of carbonyl (C=O) groups is 1. The summed E-state index contributed by atoms with van der Waals surface area (Å²) < 4.78 is 22.8. The molecule has 62 heavy (non-hydrogen) atoms. The molecule has 4 N–H and O–H groups in total. The van der Waals surface area contributed by atoms with Crippen LogP contribution in [0, 0.1) is 0 Å². The van der Waals surface area contributed by atoms with Gasteiger partial charge in [-0.05, 0) is 89.9 Å². The van der Waals surface area contributed by atoms with Crippen LogP contribution in [0.4, 0.5) is 0 Å². The van der Waals surface area contributed by atoms with Crippen molar-refractivity contribution in [3.05, 3.63) is 97.2 Å². The largest absolute Gasteiger partial charge is 0.457 e. The minimum absolute atomic E-state index is 0.125. The standard InChI is InChI=1S/C53H88O9/c1-3-5-7-9-11-13-15-17-19-21-23-25-27-29-31-33-35-37-39-41-43-59-45-47(46-60-53-52(58)51(57)50(56)48(44-54)62-53)61-49(55)42-40-38-36-34-32-30-28-26-24-22-20-18-16-14-12-10-8-6-4-2/h5-8,11-14,17-20,23-26,47-48,50-54,56-58H,3-4,9-10,15-16,21-22,27-46H2,1-2H3/b7-5-,8-6-,13-11-,14-12-,19-17-,20-18-,25-23-,26-24-. The fourth-order valence-electron chi connectivity index (χ4n) is 6.77. The fraction of sp³-hybridized carbons (Fsp3) is 0.679. The van der Waals surface area contributed by atoms with Crippen molar-refractivity contribution in [2.24, 2.45) is 0 Å². The van der Waals surface area contributed by atoms with Crippen molar-refractivity contribution < 1.29 is 44.2 Å². The summed E-state index contributed by atoms with van der Waals surface area (Å²) in [6.07, 6.45) is 52.8. The number of carbonyl (C=O) groups excluding carboxylic acids is 1. The van der Waals surface area contributed by atoms with Gasteiger partial charge in [-0.3, -0.25) is 4.79 Å². The number of rotatable bonds is 40. The van der Waals surface area contributed by atoms with Crippen molar-refractivity contribution in [2.45, 2.75) is 205 Å². The first kappa shape index (κ1) is 57.1. The highest BCUT2D eigenvalue weighted by atomic mass is 16.7. The van der Waals surface area contributed by atoms with Crippen molar-refractivity contribution in [1.82, 2.24) is 0 Å². The van der Waals surface area contributed by atoms with Crippen LogP contribution in [0.5, 0.6) is 0 Å². The molecule has 0 amide bonds. The number of esters is 1. The number of allylic oxidation sites excluding steroid dienone is 16. The summed E-state index contributed by atoms with van der Waals surface area (Å²) in [4.78, 5) is 12.8. The lowest BCUT2D eigenvalue weighted by Gasteiger charge is -2.39.